The molecule has 1 aromatic heterocycles. The molecule has 1 amide bonds. The second-order valence-electron chi connectivity index (χ2n) is 6.24. The monoisotopic (exact) mass is 383 g/mol. The van der Waals surface area contributed by atoms with E-state index in [9.17, 15) is 4.79 Å². The van der Waals surface area contributed by atoms with Gasteiger partial charge in [-0.1, -0.05) is 29.8 Å². The van der Waals surface area contributed by atoms with E-state index in [0.717, 1.165) is 16.9 Å². The first kappa shape index (κ1) is 17.5. The van der Waals surface area contributed by atoms with E-state index in [0.29, 0.717) is 29.7 Å². The Morgan fingerprint density at radius 2 is 1.81 bits per heavy atom. The second-order valence-corrected chi connectivity index (χ2v) is 6.65. The number of halogens is 1. The Balaban J connectivity index is 1.48. The van der Waals surface area contributed by atoms with Crippen molar-refractivity contribution in [3.63, 3.8) is 0 Å². The Morgan fingerprint density at radius 3 is 2.63 bits per heavy atom. The van der Waals surface area contributed by atoms with Crippen molar-refractivity contribution < 1.29 is 18.7 Å². The van der Waals surface area contributed by atoms with Gasteiger partial charge in [-0.2, -0.15) is 0 Å². The van der Waals surface area contributed by atoms with Crippen LogP contribution in [0.1, 0.15) is 29.1 Å². The van der Waals surface area contributed by atoms with Crippen LogP contribution in [0.2, 0.25) is 5.02 Å². The Kier molecular flexibility index (Phi) is 4.77. The molecule has 0 bridgehead atoms. The third-order valence-corrected chi connectivity index (χ3v) is 4.71. The smallest absolute Gasteiger partial charge is 0.287 e. The first-order chi connectivity index (χ1) is 13.1. The van der Waals surface area contributed by atoms with E-state index in [2.05, 4.69) is 5.32 Å². The zero-order valence-corrected chi connectivity index (χ0v) is 15.5. The topological polar surface area (TPSA) is 60.7 Å². The lowest BCUT2D eigenvalue weighted by Crippen LogP contribution is -2.26. The Morgan fingerprint density at radius 1 is 1.04 bits per heavy atom. The largest absolute Gasteiger partial charge is 0.486 e. The number of benzene rings is 2. The summed E-state index contributed by atoms with van der Waals surface area (Å²) in [6, 6.07) is 16.2. The van der Waals surface area contributed by atoms with Gasteiger partial charge in [-0.3, -0.25) is 4.79 Å². The summed E-state index contributed by atoms with van der Waals surface area (Å²) in [4.78, 5) is 12.6. The number of amides is 1. The highest BCUT2D eigenvalue weighted by Gasteiger charge is 2.19. The molecule has 6 heteroatoms. The number of ether oxygens (including phenoxy) is 2. The molecular weight excluding hydrogens is 366 g/mol. The van der Waals surface area contributed by atoms with Gasteiger partial charge in [0.15, 0.2) is 17.3 Å². The highest BCUT2D eigenvalue weighted by Crippen LogP contribution is 2.33. The molecule has 3 aromatic rings. The van der Waals surface area contributed by atoms with E-state index in [-0.39, 0.29) is 17.7 Å². The SMILES string of the molecule is CC(NC(=O)c1ccc(-c2ccccc2Cl)o1)c1ccc2c(c1)OCCO2. The number of rotatable bonds is 4. The van der Waals surface area contributed by atoms with Gasteiger partial charge in [0.2, 0.25) is 0 Å². The van der Waals surface area contributed by atoms with Gasteiger partial charge in [-0.15, -0.1) is 0 Å². The van der Waals surface area contributed by atoms with Crippen molar-refractivity contribution in [2.24, 2.45) is 0 Å². The molecule has 0 fully saturated rings. The molecule has 5 nitrogen and oxygen atoms in total. The number of furan rings is 1. The molecule has 0 aliphatic carbocycles. The fourth-order valence-electron chi connectivity index (χ4n) is 2.95. The minimum absolute atomic E-state index is 0.220. The molecule has 1 unspecified atom stereocenters. The summed E-state index contributed by atoms with van der Waals surface area (Å²) in [5, 5.41) is 3.51. The molecule has 0 radical (unpaired) electrons. The van der Waals surface area contributed by atoms with E-state index < -0.39 is 0 Å². The van der Waals surface area contributed by atoms with Crippen molar-refractivity contribution in [3.8, 4) is 22.8 Å². The Labute approximate surface area is 161 Å². The van der Waals surface area contributed by atoms with Crippen LogP contribution in [0.5, 0.6) is 11.5 Å². The van der Waals surface area contributed by atoms with Gasteiger partial charge in [0.05, 0.1) is 11.1 Å². The van der Waals surface area contributed by atoms with Crippen LogP contribution in [0, 0.1) is 0 Å². The van der Waals surface area contributed by atoms with Gasteiger partial charge in [-0.25, -0.2) is 0 Å². The van der Waals surface area contributed by atoms with Gasteiger partial charge in [0, 0.05) is 5.56 Å². The Hall–Kier alpha value is -2.92. The molecule has 0 saturated heterocycles. The van der Waals surface area contributed by atoms with Gasteiger partial charge in [0.25, 0.3) is 5.91 Å². The molecule has 2 heterocycles. The summed E-state index contributed by atoms with van der Waals surface area (Å²) in [6.45, 7) is 2.97. The van der Waals surface area contributed by atoms with E-state index in [1.807, 2.05) is 43.3 Å². The van der Waals surface area contributed by atoms with Crippen LogP contribution in [0.15, 0.2) is 59.0 Å². The molecule has 27 heavy (non-hydrogen) atoms. The predicted octanol–water partition coefficient (Wildman–Crippen LogP) is 4.86. The molecule has 0 saturated carbocycles. The molecule has 138 valence electrons. The number of fused-ring (bicyclic) bond motifs is 1. The first-order valence-electron chi connectivity index (χ1n) is 8.67. The Bertz CT molecular complexity index is 982. The van der Waals surface area contributed by atoms with Crippen molar-refractivity contribution >= 4 is 17.5 Å². The fourth-order valence-corrected chi connectivity index (χ4v) is 3.17. The maximum atomic E-state index is 12.6. The average Bonchev–Trinajstić information content (AvgIpc) is 3.18. The van der Waals surface area contributed by atoms with E-state index in [1.54, 1.807) is 18.2 Å². The summed E-state index contributed by atoms with van der Waals surface area (Å²) < 4.78 is 16.8. The average molecular weight is 384 g/mol. The molecule has 4 rings (SSSR count). The van der Waals surface area contributed by atoms with Crippen LogP contribution in [0.25, 0.3) is 11.3 Å². The van der Waals surface area contributed by atoms with Crippen molar-refractivity contribution in [1.82, 2.24) is 5.32 Å². The van der Waals surface area contributed by atoms with E-state index >= 15 is 0 Å². The zero-order valence-electron chi connectivity index (χ0n) is 14.7. The van der Waals surface area contributed by atoms with Gasteiger partial charge < -0.3 is 19.2 Å². The summed E-state index contributed by atoms with van der Waals surface area (Å²) in [7, 11) is 0. The zero-order chi connectivity index (χ0) is 18.8. The summed E-state index contributed by atoms with van der Waals surface area (Å²) >= 11 is 6.19. The minimum Gasteiger partial charge on any atom is -0.486 e. The van der Waals surface area contributed by atoms with Gasteiger partial charge in [-0.05, 0) is 48.9 Å². The summed E-state index contributed by atoms with van der Waals surface area (Å²) in [5.41, 5.74) is 1.67. The normalized spacial score (nSPS) is 13.9. The number of hydrogen-bond acceptors (Lipinski definition) is 4. The van der Waals surface area contributed by atoms with Crippen LogP contribution in [-0.2, 0) is 0 Å². The molecule has 1 aliphatic heterocycles. The molecule has 1 N–H and O–H groups in total. The molecule has 1 aliphatic rings. The third kappa shape index (κ3) is 3.64. The standard InChI is InChI=1S/C21H18ClNO4/c1-13(14-6-7-18-20(12-14)26-11-10-25-18)23-21(24)19-9-8-17(27-19)15-4-2-3-5-16(15)22/h2-9,12-13H,10-11H2,1H3,(H,23,24). The number of hydrogen-bond donors (Lipinski definition) is 1. The van der Waals surface area contributed by atoms with Crippen LogP contribution >= 0.6 is 11.6 Å². The molecule has 1 atom stereocenters. The lowest BCUT2D eigenvalue weighted by molar-refractivity contribution is 0.0912. The maximum absolute atomic E-state index is 12.6. The number of carbonyl (C=O) groups excluding carboxylic acids is 1. The van der Waals surface area contributed by atoms with Crippen molar-refractivity contribution in [1.29, 1.82) is 0 Å². The van der Waals surface area contributed by atoms with Crippen LogP contribution in [-0.4, -0.2) is 19.1 Å². The fraction of sp³-hybridized carbons (Fsp3) is 0.190. The highest BCUT2D eigenvalue weighted by molar-refractivity contribution is 6.33. The molecule has 2 aromatic carbocycles. The minimum atomic E-state index is -0.296. The third-order valence-electron chi connectivity index (χ3n) is 4.38. The lowest BCUT2D eigenvalue weighted by atomic mass is 10.1. The molecular formula is C21H18ClNO4. The lowest BCUT2D eigenvalue weighted by Gasteiger charge is -2.21. The van der Waals surface area contributed by atoms with Crippen LogP contribution < -0.4 is 14.8 Å². The maximum Gasteiger partial charge on any atom is 0.287 e. The quantitative estimate of drug-likeness (QED) is 0.698. The van der Waals surface area contributed by atoms with E-state index in [1.165, 1.54) is 0 Å². The summed E-state index contributed by atoms with van der Waals surface area (Å²) in [6.07, 6.45) is 0. The van der Waals surface area contributed by atoms with Crippen molar-refractivity contribution in [2.45, 2.75) is 13.0 Å². The first-order valence-corrected chi connectivity index (χ1v) is 9.05. The predicted molar refractivity (Wildman–Crippen MR) is 102 cm³/mol. The highest BCUT2D eigenvalue weighted by atomic mass is 35.5. The van der Waals surface area contributed by atoms with Crippen LogP contribution in [0.3, 0.4) is 0 Å². The van der Waals surface area contributed by atoms with Crippen molar-refractivity contribution in [3.05, 3.63) is 70.9 Å². The van der Waals surface area contributed by atoms with Gasteiger partial charge in [0.1, 0.15) is 19.0 Å². The summed E-state index contributed by atoms with van der Waals surface area (Å²) in [5.74, 6) is 1.90. The van der Waals surface area contributed by atoms with Crippen LogP contribution in [0.4, 0.5) is 0 Å². The second kappa shape index (κ2) is 7.37. The number of nitrogens with one attached hydrogen (secondary N) is 1. The van der Waals surface area contributed by atoms with Gasteiger partial charge >= 0.3 is 0 Å². The molecule has 0 spiro atoms. The number of carbonyl (C=O) groups is 1. The van der Waals surface area contributed by atoms with E-state index in [4.69, 9.17) is 25.5 Å². The van der Waals surface area contributed by atoms with Crippen molar-refractivity contribution in [2.75, 3.05) is 13.2 Å².